The Balaban J connectivity index is 2.08. The van der Waals surface area contributed by atoms with Crippen molar-refractivity contribution in [2.45, 2.75) is 31.4 Å². The van der Waals surface area contributed by atoms with Gasteiger partial charge in [0.15, 0.2) is 0 Å². The van der Waals surface area contributed by atoms with Gasteiger partial charge in [0.05, 0.1) is 5.25 Å². The number of carbonyl (C=O) groups is 1. The van der Waals surface area contributed by atoms with E-state index in [0.29, 0.717) is 0 Å². The highest BCUT2D eigenvalue weighted by Gasteiger charge is 2.16. The first-order valence-electron chi connectivity index (χ1n) is 5.74. The minimum Gasteiger partial charge on any atom is -0.355 e. The van der Waals surface area contributed by atoms with Crippen molar-refractivity contribution in [1.82, 2.24) is 10.2 Å². The Morgan fingerprint density at radius 3 is 2.67 bits per heavy atom. The molecule has 1 fully saturated rings. The minimum absolute atomic E-state index is 0.0475. The van der Waals surface area contributed by atoms with Crippen molar-refractivity contribution in [2.24, 2.45) is 5.92 Å². The van der Waals surface area contributed by atoms with Gasteiger partial charge >= 0.3 is 0 Å². The van der Waals surface area contributed by atoms with Crippen molar-refractivity contribution in [2.75, 3.05) is 26.7 Å². The van der Waals surface area contributed by atoms with Gasteiger partial charge in [0.1, 0.15) is 0 Å². The number of likely N-dealkylation sites (tertiary alicyclic amines) is 1. The van der Waals surface area contributed by atoms with Gasteiger partial charge < -0.3 is 10.2 Å². The third kappa shape index (κ3) is 4.89. The normalized spacial score (nSPS) is 21.3. The molecule has 1 saturated heterocycles. The maximum atomic E-state index is 11.2. The van der Waals surface area contributed by atoms with E-state index in [-0.39, 0.29) is 11.2 Å². The Bertz CT molecular complexity index is 201. The van der Waals surface area contributed by atoms with Crippen LogP contribution >= 0.6 is 12.6 Å². The highest BCUT2D eigenvalue weighted by atomic mass is 32.1. The molecular formula is C11H22N2OS. The van der Waals surface area contributed by atoms with Crippen LogP contribution in [-0.2, 0) is 4.79 Å². The summed E-state index contributed by atoms with van der Waals surface area (Å²) >= 11 is 4.09. The first kappa shape index (κ1) is 12.8. The second-order valence-electron chi connectivity index (χ2n) is 4.50. The second kappa shape index (κ2) is 6.38. The van der Waals surface area contributed by atoms with Crippen molar-refractivity contribution in [3.05, 3.63) is 0 Å². The first-order valence-corrected chi connectivity index (χ1v) is 6.25. The predicted octanol–water partition coefficient (Wildman–Crippen LogP) is 1.15. The summed E-state index contributed by atoms with van der Waals surface area (Å²) in [6, 6.07) is 0. The van der Waals surface area contributed by atoms with Gasteiger partial charge in [-0.15, -0.1) is 0 Å². The molecule has 0 bridgehead atoms. The van der Waals surface area contributed by atoms with Gasteiger partial charge in [0, 0.05) is 6.54 Å². The summed E-state index contributed by atoms with van der Waals surface area (Å²) in [5.41, 5.74) is 0. The smallest absolute Gasteiger partial charge is 0.232 e. The number of hydrogen-bond donors (Lipinski definition) is 2. The van der Waals surface area contributed by atoms with E-state index in [2.05, 4.69) is 29.9 Å². The summed E-state index contributed by atoms with van der Waals surface area (Å²) in [5.74, 6) is 0.836. The molecule has 15 heavy (non-hydrogen) atoms. The largest absolute Gasteiger partial charge is 0.355 e. The van der Waals surface area contributed by atoms with Crippen LogP contribution in [0.25, 0.3) is 0 Å². The number of carbonyl (C=O) groups excluding carboxylic acids is 1. The summed E-state index contributed by atoms with van der Waals surface area (Å²) in [6.07, 6.45) is 3.64. The fourth-order valence-electron chi connectivity index (χ4n) is 1.90. The van der Waals surface area contributed by atoms with E-state index >= 15 is 0 Å². The molecule has 0 radical (unpaired) electrons. The minimum atomic E-state index is -0.192. The zero-order valence-corrected chi connectivity index (χ0v) is 10.6. The van der Waals surface area contributed by atoms with Crippen LogP contribution in [-0.4, -0.2) is 42.7 Å². The fraction of sp³-hybridized carbons (Fsp3) is 0.909. The Morgan fingerprint density at radius 2 is 2.13 bits per heavy atom. The van der Waals surface area contributed by atoms with Crippen molar-refractivity contribution in [3.63, 3.8) is 0 Å². The quantitative estimate of drug-likeness (QED) is 0.710. The van der Waals surface area contributed by atoms with Crippen LogP contribution in [0.1, 0.15) is 26.2 Å². The highest BCUT2D eigenvalue weighted by Crippen LogP contribution is 2.18. The number of nitrogens with one attached hydrogen (secondary N) is 1. The van der Waals surface area contributed by atoms with Crippen molar-refractivity contribution < 1.29 is 4.79 Å². The zero-order chi connectivity index (χ0) is 11.3. The molecule has 1 aliphatic heterocycles. The van der Waals surface area contributed by atoms with Gasteiger partial charge in [0.2, 0.25) is 5.91 Å². The molecule has 1 atom stereocenters. The molecule has 1 N–H and O–H groups in total. The molecule has 1 heterocycles. The van der Waals surface area contributed by atoms with Crippen molar-refractivity contribution >= 4 is 18.5 Å². The van der Waals surface area contributed by atoms with Gasteiger partial charge in [-0.05, 0) is 52.2 Å². The van der Waals surface area contributed by atoms with Gasteiger partial charge in [0.25, 0.3) is 0 Å². The molecule has 0 aliphatic carbocycles. The number of piperidine rings is 1. The van der Waals surface area contributed by atoms with Crippen LogP contribution < -0.4 is 5.32 Å². The molecule has 1 rings (SSSR count). The second-order valence-corrected chi connectivity index (χ2v) is 5.28. The van der Waals surface area contributed by atoms with E-state index < -0.39 is 0 Å². The van der Waals surface area contributed by atoms with Crippen LogP contribution in [0.2, 0.25) is 0 Å². The van der Waals surface area contributed by atoms with Crippen molar-refractivity contribution in [3.8, 4) is 0 Å². The molecule has 0 aromatic rings. The van der Waals surface area contributed by atoms with Gasteiger partial charge in [-0.3, -0.25) is 4.79 Å². The van der Waals surface area contributed by atoms with E-state index in [1.807, 2.05) is 0 Å². The summed E-state index contributed by atoms with van der Waals surface area (Å²) in [6.45, 7) is 5.00. The van der Waals surface area contributed by atoms with Crippen LogP contribution in [0, 0.1) is 5.92 Å². The van der Waals surface area contributed by atoms with Crippen molar-refractivity contribution in [1.29, 1.82) is 0 Å². The molecule has 4 heteroatoms. The van der Waals surface area contributed by atoms with E-state index in [4.69, 9.17) is 0 Å². The van der Waals surface area contributed by atoms with Gasteiger partial charge in [-0.2, -0.15) is 12.6 Å². The standard InChI is InChI=1S/C11H22N2OS/c1-9(15)11(14)12-6-3-10-4-7-13(2)8-5-10/h9-10,15H,3-8H2,1-2H3,(H,12,14). The molecule has 1 aliphatic rings. The van der Waals surface area contributed by atoms with Crippen LogP contribution in [0.4, 0.5) is 0 Å². The molecule has 0 aromatic carbocycles. The molecule has 1 amide bonds. The van der Waals surface area contributed by atoms with Crippen LogP contribution in [0.3, 0.4) is 0 Å². The van der Waals surface area contributed by atoms with E-state index in [1.165, 1.54) is 25.9 Å². The highest BCUT2D eigenvalue weighted by molar-refractivity contribution is 7.81. The molecule has 88 valence electrons. The maximum Gasteiger partial charge on any atom is 0.232 e. The van der Waals surface area contributed by atoms with E-state index in [0.717, 1.165) is 18.9 Å². The molecule has 3 nitrogen and oxygen atoms in total. The summed E-state index contributed by atoms with van der Waals surface area (Å²) in [4.78, 5) is 13.6. The SMILES string of the molecule is CC(S)C(=O)NCCC1CCN(C)CC1. The van der Waals surface area contributed by atoms with Gasteiger partial charge in [-0.25, -0.2) is 0 Å². The van der Waals surface area contributed by atoms with Crippen LogP contribution in [0.15, 0.2) is 0 Å². The summed E-state index contributed by atoms with van der Waals surface area (Å²) in [5, 5.41) is 2.72. The average Bonchev–Trinajstić information content (AvgIpc) is 2.20. The van der Waals surface area contributed by atoms with E-state index in [1.54, 1.807) is 6.92 Å². The lowest BCUT2D eigenvalue weighted by Gasteiger charge is -2.28. The number of amides is 1. The average molecular weight is 230 g/mol. The number of hydrogen-bond acceptors (Lipinski definition) is 3. The monoisotopic (exact) mass is 230 g/mol. The zero-order valence-electron chi connectivity index (χ0n) is 9.70. The molecule has 0 spiro atoms. The Morgan fingerprint density at radius 1 is 1.53 bits per heavy atom. The Hall–Kier alpha value is -0.220. The molecule has 0 aromatic heterocycles. The third-order valence-corrected chi connectivity index (χ3v) is 3.30. The number of rotatable bonds is 4. The lowest BCUT2D eigenvalue weighted by Crippen LogP contribution is -2.34. The first-order chi connectivity index (χ1) is 7.09. The molecule has 0 saturated carbocycles. The lowest BCUT2D eigenvalue weighted by atomic mass is 9.94. The fourth-order valence-corrected chi connectivity index (χ4v) is 1.99. The summed E-state index contributed by atoms with van der Waals surface area (Å²) < 4.78 is 0. The third-order valence-electron chi connectivity index (χ3n) is 3.07. The molecule has 1 unspecified atom stereocenters. The maximum absolute atomic E-state index is 11.2. The van der Waals surface area contributed by atoms with E-state index in [9.17, 15) is 4.79 Å². The lowest BCUT2D eigenvalue weighted by molar-refractivity contribution is -0.120. The number of nitrogens with zero attached hydrogens (tertiary/aromatic N) is 1. The Labute approximate surface area is 98.0 Å². The molecular weight excluding hydrogens is 208 g/mol. The van der Waals surface area contributed by atoms with Gasteiger partial charge in [-0.1, -0.05) is 0 Å². The number of thiol groups is 1. The Kier molecular flexibility index (Phi) is 5.47. The summed E-state index contributed by atoms with van der Waals surface area (Å²) in [7, 11) is 2.17. The van der Waals surface area contributed by atoms with Crippen LogP contribution in [0.5, 0.6) is 0 Å². The predicted molar refractivity (Wildman–Crippen MR) is 66.3 cm³/mol. The topological polar surface area (TPSA) is 32.3 Å².